The molecule has 2 aliphatic rings. The summed E-state index contributed by atoms with van der Waals surface area (Å²) < 4.78 is 9.15. The van der Waals surface area contributed by atoms with Gasteiger partial charge >= 0.3 is 0 Å². The summed E-state index contributed by atoms with van der Waals surface area (Å²) in [6.45, 7) is 18.0. The number of nitrogens with two attached hydrogens (primary N) is 1. The second-order valence-electron chi connectivity index (χ2n) is 13.3. The molecule has 0 saturated carbocycles. The van der Waals surface area contributed by atoms with Crippen LogP contribution >= 0.6 is 0 Å². The van der Waals surface area contributed by atoms with Crippen molar-refractivity contribution in [3.8, 4) is 0 Å². The zero-order valence-corrected chi connectivity index (χ0v) is 29.7. The van der Waals surface area contributed by atoms with E-state index in [1.807, 2.05) is 18.8 Å². The average molecular weight is 627 g/mol. The lowest BCUT2D eigenvalue weighted by Crippen LogP contribution is -2.28. The van der Waals surface area contributed by atoms with E-state index in [9.17, 15) is 0 Å². The Labute approximate surface area is 275 Å². The monoisotopic (exact) mass is 626 g/mol. The zero-order valence-electron chi connectivity index (χ0n) is 29.7. The van der Waals surface area contributed by atoms with Gasteiger partial charge in [-0.3, -0.25) is 9.36 Å². The van der Waals surface area contributed by atoms with Gasteiger partial charge in [0.25, 0.3) is 0 Å². The molecule has 4 heterocycles. The maximum Gasteiger partial charge on any atom is 0.160 e. The first-order chi connectivity index (χ1) is 21.9. The molecule has 4 aromatic rings. The Hall–Kier alpha value is -3.98. The van der Waals surface area contributed by atoms with Crippen LogP contribution in [0.2, 0.25) is 0 Å². The number of fused-ring (bicyclic) bond motifs is 2. The first kappa shape index (κ1) is 33.4. The van der Waals surface area contributed by atoms with Gasteiger partial charge in [-0.15, -0.1) is 0 Å². The molecule has 6 rings (SSSR count). The van der Waals surface area contributed by atoms with Gasteiger partial charge in [0.15, 0.2) is 11.6 Å². The van der Waals surface area contributed by atoms with Gasteiger partial charge in [-0.2, -0.15) is 10.2 Å². The number of anilines is 6. The Morgan fingerprint density at radius 1 is 0.761 bits per heavy atom. The van der Waals surface area contributed by atoms with Crippen molar-refractivity contribution in [2.24, 2.45) is 14.1 Å². The van der Waals surface area contributed by atoms with Gasteiger partial charge in [-0.05, 0) is 95.9 Å². The van der Waals surface area contributed by atoms with Gasteiger partial charge < -0.3 is 25.6 Å². The molecule has 0 aliphatic carbocycles. The number of benzene rings is 2. The van der Waals surface area contributed by atoms with Crippen LogP contribution in [0.3, 0.4) is 0 Å². The number of nitrogens with zero attached hydrogens (tertiary/aromatic N) is 6. The maximum absolute atomic E-state index is 6.14. The van der Waals surface area contributed by atoms with Crippen molar-refractivity contribution in [3.05, 3.63) is 68.8 Å². The first-order valence-electron chi connectivity index (χ1n) is 16.8. The molecule has 2 aliphatic heterocycles. The number of rotatable bonds is 7. The van der Waals surface area contributed by atoms with E-state index in [1.54, 1.807) is 11.8 Å². The van der Waals surface area contributed by atoms with Gasteiger partial charge in [0.05, 0.1) is 12.6 Å². The molecule has 0 spiro atoms. The standard InChI is InChI=1S/C21H32N4O.C16H22N4/c1-7-17(13-26-6)22-20-18-9-8-10-25(21(18)23-24(20)5)19-15(3)11-14(2)12-16(19)4;1-10-8-11(2)14(12(3)9-10)20-7-5-6-13-15(17)19(4)18-16(13)20/h11-12,17,22H,7-10,13H2,1-6H3;8-9H,5-7,17H2,1-4H3. The highest BCUT2D eigenvalue weighted by Gasteiger charge is 2.29. The molecule has 0 saturated heterocycles. The van der Waals surface area contributed by atoms with Gasteiger partial charge in [-0.1, -0.05) is 42.3 Å². The summed E-state index contributed by atoms with van der Waals surface area (Å²) in [5.74, 6) is 4.07. The van der Waals surface area contributed by atoms with E-state index in [-0.39, 0.29) is 0 Å². The van der Waals surface area contributed by atoms with Crippen molar-refractivity contribution < 1.29 is 4.74 Å². The highest BCUT2D eigenvalue weighted by Crippen LogP contribution is 2.41. The summed E-state index contributed by atoms with van der Waals surface area (Å²) in [6.07, 6.45) is 5.37. The summed E-state index contributed by atoms with van der Waals surface area (Å²) in [4.78, 5) is 4.74. The fourth-order valence-electron chi connectivity index (χ4n) is 7.53. The lowest BCUT2D eigenvalue weighted by atomic mass is 10.0. The van der Waals surface area contributed by atoms with Crippen molar-refractivity contribution in [3.63, 3.8) is 0 Å². The molecule has 1 unspecified atom stereocenters. The molecule has 9 nitrogen and oxygen atoms in total. The molecule has 0 radical (unpaired) electrons. The number of aromatic nitrogens is 4. The van der Waals surface area contributed by atoms with Crippen molar-refractivity contribution in [1.82, 2.24) is 19.6 Å². The van der Waals surface area contributed by atoms with E-state index in [1.165, 1.54) is 55.9 Å². The van der Waals surface area contributed by atoms with Gasteiger partial charge in [0.2, 0.25) is 0 Å². The second-order valence-corrected chi connectivity index (χ2v) is 13.3. The number of nitrogens with one attached hydrogen (secondary N) is 1. The lowest BCUT2D eigenvalue weighted by molar-refractivity contribution is 0.184. The Morgan fingerprint density at radius 2 is 1.22 bits per heavy atom. The Balaban J connectivity index is 0.000000187. The van der Waals surface area contributed by atoms with Crippen LogP contribution in [-0.4, -0.2) is 52.4 Å². The third-order valence-electron chi connectivity index (χ3n) is 9.44. The molecule has 0 amide bonds. The first-order valence-corrected chi connectivity index (χ1v) is 16.8. The van der Waals surface area contributed by atoms with Crippen LogP contribution in [0.4, 0.5) is 34.6 Å². The predicted octanol–water partition coefficient (Wildman–Crippen LogP) is 7.28. The SMILES string of the molecule is CCC(COC)Nc1c2c(nn1C)N(c1c(C)cc(C)cc1C)CCC2.Cc1cc(C)c(N2CCCc3c2nn(C)c3N)c(C)c1. The van der Waals surface area contributed by atoms with Gasteiger partial charge in [0, 0.05) is 56.8 Å². The van der Waals surface area contributed by atoms with Crippen LogP contribution in [0.1, 0.15) is 70.7 Å². The fourth-order valence-corrected chi connectivity index (χ4v) is 7.53. The largest absolute Gasteiger partial charge is 0.384 e. The molecule has 248 valence electrons. The van der Waals surface area contributed by atoms with E-state index in [0.29, 0.717) is 12.6 Å². The number of ether oxygens (including phenoxy) is 1. The molecular formula is C37H54N8O. The summed E-state index contributed by atoms with van der Waals surface area (Å²) in [5.41, 5.74) is 19.1. The van der Waals surface area contributed by atoms with Crippen LogP contribution in [0, 0.1) is 41.5 Å². The third-order valence-corrected chi connectivity index (χ3v) is 9.44. The predicted molar refractivity (Wildman–Crippen MR) is 192 cm³/mol. The molecule has 0 fully saturated rings. The number of hydrogen-bond acceptors (Lipinski definition) is 7. The Morgan fingerprint density at radius 3 is 1.70 bits per heavy atom. The Bertz CT molecular complexity index is 1650. The number of aryl methyl sites for hydroxylation is 8. The van der Waals surface area contributed by atoms with Crippen molar-refractivity contribution in [1.29, 1.82) is 0 Å². The van der Waals surface area contributed by atoms with Crippen LogP contribution in [0.15, 0.2) is 24.3 Å². The summed E-state index contributed by atoms with van der Waals surface area (Å²) >= 11 is 0. The highest BCUT2D eigenvalue weighted by atomic mass is 16.5. The molecular weight excluding hydrogens is 572 g/mol. The highest BCUT2D eigenvalue weighted by molar-refractivity contribution is 5.75. The molecule has 46 heavy (non-hydrogen) atoms. The maximum atomic E-state index is 6.14. The molecule has 2 aromatic heterocycles. The minimum absolute atomic E-state index is 0.303. The smallest absolute Gasteiger partial charge is 0.160 e. The number of hydrogen-bond donors (Lipinski definition) is 2. The van der Waals surface area contributed by atoms with E-state index in [0.717, 1.165) is 68.5 Å². The number of methoxy groups -OCH3 is 1. The normalized spacial score (nSPS) is 14.8. The van der Waals surface area contributed by atoms with Crippen LogP contribution < -0.4 is 20.9 Å². The minimum atomic E-state index is 0.303. The summed E-state index contributed by atoms with van der Waals surface area (Å²) in [5, 5.41) is 13.2. The van der Waals surface area contributed by atoms with Crippen LogP contribution in [-0.2, 0) is 31.7 Å². The average Bonchev–Trinajstić information content (AvgIpc) is 3.47. The third kappa shape index (κ3) is 6.47. The lowest BCUT2D eigenvalue weighted by Gasteiger charge is -2.31. The molecule has 9 heteroatoms. The fraction of sp³-hybridized carbons (Fsp3) is 0.514. The molecule has 1 atom stereocenters. The Kier molecular flexibility index (Phi) is 10.0. The van der Waals surface area contributed by atoms with Crippen molar-refractivity contribution >= 4 is 34.6 Å². The topological polar surface area (TPSA) is 89.4 Å². The van der Waals surface area contributed by atoms with E-state index < -0.39 is 0 Å². The summed E-state index contributed by atoms with van der Waals surface area (Å²) in [6, 6.07) is 9.32. The van der Waals surface area contributed by atoms with Crippen molar-refractivity contribution in [2.75, 3.05) is 47.7 Å². The van der Waals surface area contributed by atoms with Crippen LogP contribution in [0.25, 0.3) is 0 Å². The second kappa shape index (κ2) is 13.8. The zero-order chi connectivity index (χ0) is 33.3. The molecule has 0 bridgehead atoms. The van der Waals surface area contributed by atoms with E-state index in [4.69, 9.17) is 15.6 Å². The quantitative estimate of drug-likeness (QED) is 0.223. The van der Waals surface area contributed by atoms with Gasteiger partial charge in [-0.25, -0.2) is 0 Å². The van der Waals surface area contributed by atoms with E-state index >= 15 is 0 Å². The van der Waals surface area contributed by atoms with Gasteiger partial charge in [0.1, 0.15) is 11.6 Å². The van der Waals surface area contributed by atoms with E-state index in [2.05, 4.69) is 92.9 Å². The van der Waals surface area contributed by atoms with Crippen LogP contribution in [0.5, 0.6) is 0 Å². The summed E-state index contributed by atoms with van der Waals surface area (Å²) in [7, 11) is 5.71. The minimum Gasteiger partial charge on any atom is -0.384 e. The molecule has 2 aromatic carbocycles. The van der Waals surface area contributed by atoms with Crippen molar-refractivity contribution in [2.45, 2.75) is 86.6 Å². The molecule has 3 N–H and O–H groups in total. The number of nitrogen functional groups attached to an aromatic ring is 1.